The molecule has 6 nitrogen and oxygen atoms in total. The van der Waals surface area contributed by atoms with E-state index in [4.69, 9.17) is 23.2 Å². The van der Waals surface area contributed by atoms with E-state index < -0.39 is 23.8 Å². The predicted molar refractivity (Wildman–Crippen MR) is 139 cm³/mol. The molecule has 1 aromatic heterocycles. The number of nitrogens with zero attached hydrogens (tertiary/aromatic N) is 2. The molecule has 0 saturated carbocycles. The fourth-order valence-corrected chi connectivity index (χ4v) is 5.59. The van der Waals surface area contributed by atoms with Gasteiger partial charge in [0, 0.05) is 48.2 Å². The highest BCUT2D eigenvalue weighted by molar-refractivity contribution is 6.38. The van der Waals surface area contributed by atoms with Crippen molar-refractivity contribution < 1.29 is 32.6 Å². The number of hydrogen-bond donors (Lipinski definition) is 1. The van der Waals surface area contributed by atoms with Crippen LogP contribution in [0, 0.1) is 12.8 Å². The Bertz CT molecular complexity index is 1400. The average Bonchev–Trinajstić information content (AvgIpc) is 3.20. The minimum atomic E-state index is -4.46. The van der Waals surface area contributed by atoms with Gasteiger partial charge in [-0.1, -0.05) is 23.2 Å². The highest BCUT2D eigenvalue weighted by Gasteiger charge is 2.33. The zero-order valence-electron chi connectivity index (χ0n) is 21.0. The number of fused-ring (bicyclic) bond motifs is 1. The molecule has 1 N–H and O–H groups in total. The first-order valence-corrected chi connectivity index (χ1v) is 12.8. The van der Waals surface area contributed by atoms with Crippen LogP contribution in [-0.4, -0.2) is 52.8 Å². The molecule has 1 unspecified atom stereocenters. The topological polar surface area (TPSA) is 71.8 Å². The Morgan fingerprint density at radius 2 is 1.82 bits per heavy atom. The molecule has 1 aliphatic heterocycles. The zero-order chi connectivity index (χ0) is 27.9. The fraction of sp³-hybridized carbons (Fsp3) is 0.407. The van der Waals surface area contributed by atoms with Crippen LogP contribution in [0.4, 0.5) is 13.2 Å². The van der Waals surface area contributed by atoms with Gasteiger partial charge in [-0.15, -0.1) is 0 Å². The Balaban J connectivity index is 1.59. The quantitative estimate of drug-likeness (QED) is 0.394. The number of alkyl halides is 3. The summed E-state index contributed by atoms with van der Waals surface area (Å²) in [5, 5.41) is 11.3. The summed E-state index contributed by atoms with van der Waals surface area (Å²) in [6, 6.07) is 7.18. The molecule has 1 amide bonds. The third-order valence-corrected chi connectivity index (χ3v) is 8.07. The van der Waals surface area contributed by atoms with E-state index >= 15 is 0 Å². The number of ether oxygens (including phenoxy) is 1. The van der Waals surface area contributed by atoms with E-state index in [0.29, 0.717) is 58.7 Å². The monoisotopic (exact) mass is 570 g/mol. The van der Waals surface area contributed by atoms with E-state index in [0.717, 1.165) is 12.1 Å². The van der Waals surface area contributed by atoms with Crippen LogP contribution in [0.15, 0.2) is 30.3 Å². The van der Waals surface area contributed by atoms with Gasteiger partial charge >= 0.3 is 12.1 Å². The van der Waals surface area contributed by atoms with E-state index in [1.165, 1.54) is 7.11 Å². The first-order chi connectivity index (χ1) is 17.8. The van der Waals surface area contributed by atoms with Gasteiger partial charge in [0.05, 0.1) is 23.3 Å². The predicted octanol–water partition coefficient (Wildman–Crippen LogP) is 5.79. The van der Waals surface area contributed by atoms with Gasteiger partial charge < -0.3 is 19.3 Å². The molecule has 0 aliphatic carbocycles. The van der Waals surface area contributed by atoms with Crippen molar-refractivity contribution in [3.8, 4) is 0 Å². The lowest BCUT2D eigenvalue weighted by Gasteiger charge is -2.33. The molecule has 0 spiro atoms. The number of hydrogen-bond acceptors (Lipinski definition) is 4. The zero-order valence-corrected chi connectivity index (χ0v) is 22.5. The van der Waals surface area contributed by atoms with Crippen LogP contribution < -0.4 is 0 Å². The van der Waals surface area contributed by atoms with Gasteiger partial charge in [-0.2, -0.15) is 13.2 Å². The Morgan fingerprint density at radius 1 is 1.16 bits per heavy atom. The van der Waals surface area contributed by atoms with Crippen LogP contribution in [0.2, 0.25) is 10.0 Å². The van der Waals surface area contributed by atoms with Gasteiger partial charge in [-0.05, 0) is 67.1 Å². The SMILES string of the molecule is COC(=O)C(O)C1CCN(C(=O)c2ccc(Cl)c(Cc3cc4c(C)cc(C(F)(F)F)cc4n3C)c2Cl)CC1. The van der Waals surface area contributed by atoms with Crippen molar-refractivity contribution in [1.29, 1.82) is 0 Å². The number of methoxy groups -OCH3 is 1. The Kier molecular flexibility index (Phi) is 8.02. The van der Waals surface area contributed by atoms with Crippen molar-refractivity contribution in [3.05, 3.63) is 68.3 Å². The first kappa shape index (κ1) is 28.3. The van der Waals surface area contributed by atoms with Crippen LogP contribution in [-0.2, 0) is 29.2 Å². The third kappa shape index (κ3) is 5.37. The number of aryl methyl sites for hydroxylation is 2. The Labute approximate surface area is 227 Å². The molecule has 38 heavy (non-hydrogen) atoms. The highest BCUT2D eigenvalue weighted by Crippen LogP contribution is 2.36. The third-order valence-electron chi connectivity index (χ3n) is 7.29. The maximum absolute atomic E-state index is 13.4. The molecule has 11 heteroatoms. The van der Waals surface area contributed by atoms with Gasteiger partial charge in [0.1, 0.15) is 0 Å². The molecule has 2 aromatic carbocycles. The second-order valence-electron chi connectivity index (χ2n) is 9.58. The average molecular weight is 571 g/mol. The second-order valence-corrected chi connectivity index (χ2v) is 10.4. The molecule has 4 rings (SSSR count). The van der Waals surface area contributed by atoms with E-state index in [9.17, 15) is 27.9 Å². The van der Waals surface area contributed by atoms with Crippen molar-refractivity contribution in [1.82, 2.24) is 9.47 Å². The smallest absolute Gasteiger partial charge is 0.416 e. The van der Waals surface area contributed by atoms with Gasteiger partial charge in [0.25, 0.3) is 5.91 Å². The van der Waals surface area contributed by atoms with E-state index in [1.807, 2.05) is 6.07 Å². The summed E-state index contributed by atoms with van der Waals surface area (Å²) in [5.41, 5.74) is 1.65. The van der Waals surface area contributed by atoms with E-state index in [-0.39, 0.29) is 28.8 Å². The first-order valence-electron chi connectivity index (χ1n) is 12.0. The molecule has 3 aromatic rings. The number of likely N-dealkylation sites (tertiary alicyclic amines) is 1. The largest absolute Gasteiger partial charge is 0.467 e. The minimum Gasteiger partial charge on any atom is -0.467 e. The number of aliphatic hydroxyl groups excluding tert-OH is 1. The molecule has 2 heterocycles. The van der Waals surface area contributed by atoms with Crippen LogP contribution in [0.5, 0.6) is 0 Å². The number of carbonyl (C=O) groups excluding carboxylic acids is 2. The standard InChI is InChI=1S/C27H27Cl2F3N2O4/c1-14-10-16(27(30,31)32)11-22-19(14)12-17(33(22)2)13-20-21(28)5-4-18(23(20)29)25(36)34-8-6-15(7-9-34)24(35)26(37)38-3/h4-5,10-12,15,24,35H,6-9,13H2,1-3H3. The molecule has 0 bridgehead atoms. The second kappa shape index (κ2) is 10.8. The van der Waals surface area contributed by atoms with Crippen LogP contribution in [0.1, 0.15) is 45.6 Å². The number of halogens is 5. The maximum Gasteiger partial charge on any atom is 0.416 e. The fourth-order valence-electron chi connectivity index (χ4n) is 5.00. The van der Waals surface area contributed by atoms with Crippen molar-refractivity contribution in [3.63, 3.8) is 0 Å². The van der Waals surface area contributed by atoms with Crippen LogP contribution >= 0.6 is 23.2 Å². The molecular weight excluding hydrogens is 544 g/mol. The molecule has 204 valence electrons. The van der Waals surface area contributed by atoms with Crippen molar-refractivity contribution in [2.45, 2.75) is 38.5 Å². The highest BCUT2D eigenvalue weighted by atomic mass is 35.5. The summed E-state index contributed by atoms with van der Waals surface area (Å²) in [5.74, 6) is -1.31. The molecule has 0 radical (unpaired) electrons. The summed E-state index contributed by atoms with van der Waals surface area (Å²) in [6.45, 7) is 2.29. The van der Waals surface area contributed by atoms with Crippen LogP contribution in [0.25, 0.3) is 10.9 Å². The lowest BCUT2D eigenvalue weighted by Crippen LogP contribution is -2.43. The van der Waals surface area contributed by atoms with Gasteiger partial charge in [-0.3, -0.25) is 4.79 Å². The lowest BCUT2D eigenvalue weighted by atomic mass is 9.91. The molecule has 1 aliphatic rings. The number of rotatable bonds is 5. The van der Waals surface area contributed by atoms with Gasteiger partial charge in [-0.25, -0.2) is 4.79 Å². The number of piperidine rings is 1. The summed E-state index contributed by atoms with van der Waals surface area (Å²) in [6.07, 6.45) is -4.64. The minimum absolute atomic E-state index is 0.178. The number of amides is 1. The molecule has 1 atom stereocenters. The summed E-state index contributed by atoms with van der Waals surface area (Å²) in [7, 11) is 2.89. The van der Waals surface area contributed by atoms with Crippen LogP contribution in [0.3, 0.4) is 0 Å². The summed E-state index contributed by atoms with van der Waals surface area (Å²) in [4.78, 5) is 26.6. The number of esters is 1. The summed E-state index contributed by atoms with van der Waals surface area (Å²) < 4.78 is 46.4. The lowest BCUT2D eigenvalue weighted by molar-refractivity contribution is -0.154. The maximum atomic E-state index is 13.4. The normalized spacial score (nSPS) is 15.7. The number of benzene rings is 2. The number of aromatic nitrogens is 1. The Hall–Kier alpha value is -2.75. The Morgan fingerprint density at radius 3 is 2.42 bits per heavy atom. The van der Waals surface area contributed by atoms with E-state index in [2.05, 4.69) is 4.74 Å². The van der Waals surface area contributed by atoms with Gasteiger partial charge in [0.15, 0.2) is 6.10 Å². The molecule has 1 saturated heterocycles. The summed E-state index contributed by atoms with van der Waals surface area (Å²) >= 11 is 13.2. The number of aliphatic hydroxyl groups is 1. The van der Waals surface area contributed by atoms with Crippen molar-refractivity contribution in [2.75, 3.05) is 20.2 Å². The van der Waals surface area contributed by atoms with Crippen molar-refractivity contribution >= 4 is 46.0 Å². The molecule has 1 fully saturated rings. The molecular formula is C27H27Cl2F3N2O4. The van der Waals surface area contributed by atoms with E-state index in [1.54, 1.807) is 35.6 Å². The number of carbonyl (C=O) groups is 2. The van der Waals surface area contributed by atoms with Crippen molar-refractivity contribution in [2.24, 2.45) is 13.0 Å². The van der Waals surface area contributed by atoms with Gasteiger partial charge in [0.2, 0.25) is 0 Å².